The molecule has 0 aliphatic heterocycles. The van der Waals surface area contributed by atoms with Crippen LogP contribution in [0, 0.1) is 0 Å². The molecule has 5 nitrogen and oxygen atoms in total. The van der Waals surface area contributed by atoms with Crippen LogP contribution in [0.2, 0.25) is 5.02 Å². The number of hydrogen-bond donors (Lipinski definition) is 1. The van der Waals surface area contributed by atoms with Crippen molar-refractivity contribution in [1.82, 2.24) is 5.43 Å². The summed E-state index contributed by atoms with van der Waals surface area (Å²) in [4.78, 5) is 24.3. The first-order valence-corrected chi connectivity index (χ1v) is 8.82. The molecular weight excluding hydrogens is 372 g/mol. The number of benzene rings is 2. The fraction of sp³-hybridized carbons (Fsp3) is 0. The molecule has 0 fully saturated rings. The second kappa shape index (κ2) is 8.42. The van der Waals surface area contributed by atoms with Crippen molar-refractivity contribution < 1.29 is 14.3 Å². The van der Waals surface area contributed by atoms with E-state index in [9.17, 15) is 9.59 Å². The third-order valence-electron chi connectivity index (χ3n) is 3.28. The number of halogens is 1. The van der Waals surface area contributed by atoms with Crippen LogP contribution < -0.4 is 10.2 Å². The van der Waals surface area contributed by atoms with E-state index in [1.54, 1.807) is 60.7 Å². The van der Waals surface area contributed by atoms with Gasteiger partial charge >= 0.3 is 5.97 Å². The Labute approximate surface area is 158 Å². The monoisotopic (exact) mass is 384 g/mol. The van der Waals surface area contributed by atoms with E-state index >= 15 is 0 Å². The predicted molar refractivity (Wildman–Crippen MR) is 102 cm³/mol. The van der Waals surface area contributed by atoms with Crippen molar-refractivity contribution in [2.24, 2.45) is 5.10 Å². The molecule has 7 heteroatoms. The molecule has 0 aliphatic carbocycles. The second-order valence-corrected chi connectivity index (χ2v) is 6.53. The molecule has 0 saturated carbocycles. The molecule has 1 N–H and O–H groups in total. The fourth-order valence-corrected chi connectivity index (χ4v) is 2.82. The molecule has 0 unspecified atom stereocenters. The molecule has 2 aromatic carbocycles. The number of thiophene rings is 1. The minimum atomic E-state index is -0.393. The molecule has 0 atom stereocenters. The first kappa shape index (κ1) is 17.8. The Bertz CT molecular complexity index is 938. The van der Waals surface area contributed by atoms with Gasteiger partial charge in [0.15, 0.2) is 0 Å². The number of nitrogens with one attached hydrogen (secondary N) is 1. The molecule has 3 aromatic rings. The van der Waals surface area contributed by atoms with Crippen LogP contribution in [0.15, 0.2) is 71.1 Å². The van der Waals surface area contributed by atoms with Crippen molar-refractivity contribution in [2.75, 3.05) is 0 Å². The molecular formula is C19H13ClN2O3S. The van der Waals surface area contributed by atoms with Crippen LogP contribution in [0.25, 0.3) is 0 Å². The van der Waals surface area contributed by atoms with Gasteiger partial charge in [0.05, 0.1) is 6.21 Å². The van der Waals surface area contributed by atoms with Crippen LogP contribution in [0.3, 0.4) is 0 Å². The minimum Gasteiger partial charge on any atom is -0.422 e. The van der Waals surface area contributed by atoms with E-state index in [0.29, 0.717) is 21.2 Å². The number of esters is 1. The first-order chi connectivity index (χ1) is 12.6. The van der Waals surface area contributed by atoms with E-state index in [1.165, 1.54) is 17.6 Å². The third kappa shape index (κ3) is 4.78. The number of nitrogens with zero attached hydrogens (tertiary/aromatic N) is 1. The minimum absolute atomic E-state index is 0.356. The Morgan fingerprint density at radius 2 is 1.88 bits per heavy atom. The van der Waals surface area contributed by atoms with E-state index in [0.717, 1.165) is 5.56 Å². The smallest absolute Gasteiger partial charge is 0.353 e. The van der Waals surface area contributed by atoms with Gasteiger partial charge in [-0.2, -0.15) is 5.10 Å². The van der Waals surface area contributed by atoms with E-state index < -0.39 is 5.97 Å². The van der Waals surface area contributed by atoms with Gasteiger partial charge in [-0.15, -0.1) is 11.3 Å². The molecule has 26 heavy (non-hydrogen) atoms. The van der Waals surface area contributed by atoms with Crippen LogP contribution in [-0.4, -0.2) is 18.1 Å². The standard InChI is InChI=1S/C19H13ClN2O3S/c20-15-4-1-3-14(11-15)18(23)22-21-12-13-6-8-16(9-7-13)25-19(24)17-5-2-10-26-17/h1-12H,(H,22,23)/b21-12+. The first-order valence-electron chi connectivity index (χ1n) is 7.56. The topological polar surface area (TPSA) is 67.8 Å². The van der Waals surface area contributed by atoms with Gasteiger partial charge in [0.25, 0.3) is 5.91 Å². The maximum atomic E-state index is 11.9. The predicted octanol–water partition coefficient (Wildman–Crippen LogP) is 4.38. The van der Waals surface area contributed by atoms with Crippen LogP contribution in [0.1, 0.15) is 25.6 Å². The largest absolute Gasteiger partial charge is 0.422 e. The van der Waals surface area contributed by atoms with Crippen molar-refractivity contribution in [1.29, 1.82) is 0 Å². The van der Waals surface area contributed by atoms with Crippen molar-refractivity contribution >= 4 is 41.0 Å². The highest BCUT2D eigenvalue weighted by molar-refractivity contribution is 7.12. The summed E-state index contributed by atoms with van der Waals surface area (Å²) in [7, 11) is 0. The molecule has 0 spiro atoms. The number of carbonyl (C=O) groups excluding carboxylic acids is 2. The number of rotatable bonds is 5. The summed E-state index contributed by atoms with van der Waals surface area (Å²) in [6, 6.07) is 16.9. The Hall–Kier alpha value is -2.96. The molecule has 1 heterocycles. The Balaban J connectivity index is 1.56. The maximum absolute atomic E-state index is 11.9. The molecule has 1 aromatic heterocycles. The van der Waals surface area contributed by atoms with Gasteiger partial charge in [0.2, 0.25) is 0 Å². The van der Waals surface area contributed by atoms with Crippen molar-refractivity contribution in [3.05, 3.63) is 87.1 Å². The maximum Gasteiger partial charge on any atom is 0.353 e. The van der Waals surface area contributed by atoms with Gasteiger partial charge in [-0.1, -0.05) is 23.7 Å². The van der Waals surface area contributed by atoms with Crippen LogP contribution >= 0.6 is 22.9 Å². The van der Waals surface area contributed by atoms with Crippen LogP contribution in [-0.2, 0) is 0 Å². The van der Waals surface area contributed by atoms with Gasteiger partial charge in [-0.3, -0.25) is 4.79 Å². The van der Waals surface area contributed by atoms with Gasteiger partial charge in [0.1, 0.15) is 10.6 Å². The third-order valence-corrected chi connectivity index (χ3v) is 4.36. The molecule has 0 bridgehead atoms. The number of amides is 1. The molecule has 130 valence electrons. The molecule has 0 saturated heterocycles. The lowest BCUT2D eigenvalue weighted by atomic mass is 10.2. The van der Waals surface area contributed by atoms with Crippen LogP contribution in [0.5, 0.6) is 5.75 Å². The summed E-state index contributed by atoms with van der Waals surface area (Å²) in [6.45, 7) is 0. The highest BCUT2D eigenvalue weighted by Gasteiger charge is 2.09. The van der Waals surface area contributed by atoms with Crippen molar-refractivity contribution in [3.63, 3.8) is 0 Å². The number of ether oxygens (including phenoxy) is 1. The average molecular weight is 385 g/mol. The average Bonchev–Trinajstić information content (AvgIpc) is 3.18. The van der Waals surface area contributed by atoms with Crippen molar-refractivity contribution in [2.45, 2.75) is 0 Å². The van der Waals surface area contributed by atoms with E-state index in [1.807, 2.05) is 5.38 Å². The second-order valence-electron chi connectivity index (χ2n) is 5.15. The lowest BCUT2D eigenvalue weighted by Gasteiger charge is -2.03. The number of hydrazone groups is 1. The fourth-order valence-electron chi connectivity index (χ4n) is 2.03. The summed E-state index contributed by atoms with van der Waals surface area (Å²) in [5, 5.41) is 6.20. The lowest BCUT2D eigenvalue weighted by Crippen LogP contribution is -2.17. The summed E-state index contributed by atoms with van der Waals surface area (Å²) in [6.07, 6.45) is 1.49. The summed E-state index contributed by atoms with van der Waals surface area (Å²) < 4.78 is 5.27. The zero-order chi connectivity index (χ0) is 18.4. The normalized spacial score (nSPS) is 10.7. The zero-order valence-corrected chi connectivity index (χ0v) is 15.0. The van der Waals surface area contributed by atoms with Gasteiger partial charge < -0.3 is 4.74 Å². The molecule has 3 rings (SSSR count). The number of hydrogen-bond acceptors (Lipinski definition) is 5. The Kier molecular flexibility index (Phi) is 5.78. The lowest BCUT2D eigenvalue weighted by molar-refractivity contribution is 0.0739. The Morgan fingerprint density at radius 1 is 1.08 bits per heavy atom. The highest BCUT2D eigenvalue weighted by atomic mass is 35.5. The van der Waals surface area contributed by atoms with E-state index in [-0.39, 0.29) is 5.91 Å². The summed E-state index contributed by atoms with van der Waals surface area (Å²) in [5.74, 6) is -0.316. The SMILES string of the molecule is O=C(N/N=C/c1ccc(OC(=O)c2cccs2)cc1)c1cccc(Cl)c1. The van der Waals surface area contributed by atoms with E-state index in [4.69, 9.17) is 16.3 Å². The molecule has 0 radical (unpaired) electrons. The van der Waals surface area contributed by atoms with Gasteiger partial charge in [-0.25, -0.2) is 10.2 Å². The molecule has 0 aliphatic rings. The number of carbonyl (C=O) groups is 2. The summed E-state index contributed by atoms with van der Waals surface area (Å²) in [5.41, 5.74) is 3.59. The van der Waals surface area contributed by atoms with E-state index in [2.05, 4.69) is 10.5 Å². The van der Waals surface area contributed by atoms with Gasteiger partial charge in [0, 0.05) is 10.6 Å². The molecule has 1 amide bonds. The van der Waals surface area contributed by atoms with Crippen LogP contribution in [0.4, 0.5) is 0 Å². The zero-order valence-electron chi connectivity index (χ0n) is 13.4. The van der Waals surface area contributed by atoms with Gasteiger partial charge in [-0.05, 0) is 59.5 Å². The Morgan fingerprint density at radius 3 is 2.58 bits per heavy atom. The van der Waals surface area contributed by atoms with Crippen molar-refractivity contribution in [3.8, 4) is 5.75 Å². The summed E-state index contributed by atoms with van der Waals surface area (Å²) >= 11 is 7.17. The highest BCUT2D eigenvalue weighted by Crippen LogP contribution is 2.16. The quantitative estimate of drug-likeness (QED) is 0.307.